The summed E-state index contributed by atoms with van der Waals surface area (Å²) in [6, 6.07) is 15.7. The molecular formula is C24H17BrFN3O2S. The molecule has 5 nitrogen and oxygen atoms in total. The molecule has 2 aromatic carbocycles. The molecule has 1 aliphatic rings. The number of nitriles is 1. The van der Waals surface area contributed by atoms with E-state index in [0.29, 0.717) is 26.2 Å². The lowest BCUT2D eigenvalue weighted by Gasteiger charge is -2.13. The van der Waals surface area contributed by atoms with Crippen LogP contribution in [0.1, 0.15) is 28.1 Å². The minimum Gasteiger partial charge on any atom is -0.315 e. The Bertz CT molecular complexity index is 1340. The van der Waals surface area contributed by atoms with Crippen molar-refractivity contribution in [2.24, 2.45) is 0 Å². The van der Waals surface area contributed by atoms with Crippen molar-refractivity contribution >= 4 is 44.9 Å². The number of nitrogens with zero attached hydrogens (tertiary/aromatic N) is 3. The smallest absolute Gasteiger partial charge is 0.293 e. The van der Waals surface area contributed by atoms with Crippen LogP contribution in [0.4, 0.5) is 9.18 Å². The van der Waals surface area contributed by atoms with E-state index < -0.39 is 5.91 Å². The Labute approximate surface area is 197 Å². The fraction of sp³-hybridized carbons (Fsp3) is 0.125. The third-order valence-corrected chi connectivity index (χ3v) is 6.65. The molecule has 3 aromatic rings. The third-order valence-electron chi connectivity index (χ3n) is 5.25. The van der Waals surface area contributed by atoms with Gasteiger partial charge >= 0.3 is 0 Å². The molecule has 0 saturated carbocycles. The van der Waals surface area contributed by atoms with Crippen LogP contribution in [0.3, 0.4) is 0 Å². The molecule has 32 heavy (non-hydrogen) atoms. The average molecular weight is 510 g/mol. The predicted molar refractivity (Wildman–Crippen MR) is 126 cm³/mol. The van der Waals surface area contributed by atoms with E-state index in [4.69, 9.17) is 0 Å². The number of aryl methyl sites for hydroxylation is 1. The zero-order valence-corrected chi connectivity index (χ0v) is 19.6. The standard InChI is InChI=1S/C24H17BrFN3O2S/c1-14-9-18(15(2)29(14)21-8-7-19(25)11-20(21)26)10-22-23(30)28(24(31)32-22)13-17-6-4-3-5-16(17)12-27/h3-11H,13H2,1-2H3/b22-10+. The van der Waals surface area contributed by atoms with Gasteiger partial charge in [-0.1, -0.05) is 34.1 Å². The maximum Gasteiger partial charge on any atom is 0.293 e. The second kappa shape index (κ2) is 8.77. The molecule has 1 aromatic heterocycles. The van der Waals surface area contributed by atoms with Crippen molar-refractivity contribution in [3.63, 3.8) is 0 Å². The Balaban J connectivity index is 1.66. The summed E-state index contributed by atoms with van der Waals surface area (Å²) in [4.78, 5) is 26.9. The fourth-order valence-corrected chi connectivity index (χ4v) is 4.84. The van der Waals surface area contributed by atoms with E-state index in [0.717, 1.165) is 33.6 Å². The number of hydrogen-bond acceptors (Lipinski definition) is 4. The van der Waals surface area contributed by atoms with Gasteiger partial charge in [-0.25, -0.2) is 4.39 Å². The number of hydrogen-bond donors (Lipinski definition) is 0. The van der Waals surface area contributed by atoms with Gasteiger partial charge in [-0.05, 0) is 73.1 Å². The molecule has 8 heteroatoms. The van der Waals surface area contributed by atoms with Gasteiger partial charge in [0.1, 0.15) is 5.82 Å². The molecule has 0 bridgehead atoms. The van der Waals surface area contributed by atoms with Gasteiger partial charge in [0.2, 0.25) is 0 Å². The lowest BCUT2D eigenvalue weighted by molar-refractivity contribution is -0.123. The highest BCUT2D eigenvalue weighted by Gasteiger charge is 2.35. The number of carbonyl (C=O) groups is 2. The second-order valence-corrected chi connectivity index (χ2v) is 9.20. The predicted octanol–water partition coefficient (Wildman–Crippen LogP) is 6.10. The van der Waals surface area contributed by atoms with Crippen molar-refractivity contribution in [3.8, 4) is 11.8 Å². The molecule has 160 valence electrons. The highest BCUT2D eigenvalue weighted by Crippen LogP contribution is 2.35. The van der Waals surface area contributed by atoms with Gasteiger partial charge in [0.25, 0.3) is 11.1 Å². The van der Waals surface area contributed by atoms with Crippen LogP contribution in [-0.2, 0) is 11.3 Å². The number of halogens is 2. The highest BCUT2D eigenvalue weighted by molar-refractivity contribution is 9.10. The van der Waals surface area contributed by atoms with Crippen LogP contribution in [0.15, 0.2) is 57.9 Å². The first-order valence-corrected chi connectivity index (χ1v) is 11.3. The van der Waals surface area contributed by atoms with E-state index in [-0.39, 0.29) is 17.6 Å². The third kappa shape index (κ3) is 4.01. The quantitative estimate of drug-likeness (QED) is 0.398. The Morgan fingerprint density at radius 2 is 1.91 bits per heavy atom. The van der Waals surface area contributed by atoms with Crippen LogP contribution >= 0.6 is 27.7 Å². The summed E-state index contributed by atoms with van der Waals surface area (Å²) < 4.78 is 17.0. The normalized spacial score (nSPS) is 15.0. The summed E-state index contributed by atoms with van der Waals surface area (Å²) in [6.45, 7) is 3.74. The van der Waals surface area contributed by atoms with Gasteiger partial charge in [-0.2, -0.15) is 5.26 Å². The lowest BCUT2D eigenvalue weighted by atomic mass is 10.1. The van der Waals surface area contributed by atoms with Crippen LogP contribution in [0.2, 0.25) is 0 Å². The van der Waals surface area contributed by atoms with Gasteiger partial charge < -0.3 is 4.57 Å². The van der Waals surface area contributed by atoms with Gasteiger partial charge in [-0.3, -0.25) is 14.5 Å². The van der Waals surface area contributed by atoms with Gasteiger partial charge in [0, 0.05) is 15.9 Å². The average Bonchev–Trinajstić information content (AvgIpc) is 3.18. The number of benzene rings is 2. The molecule has 2 amide bonds. The van der Waals surface area contributed by atoms with E-state index in [1.165, 1.54) is 6.07 Å². The molecule has 0 radical (unpaired) electrons. The summed E-state index contributed by atoms with van der Waals surface area (Å²) in [5.41, 5.74) is 3.73. The Hall–Kier alpha value is -3.15. The van der Waals surface area contributed by atoms with Crippen molar-refractivity contribution in [2.75, 3.05) is 0 Å². The van der Waals surface area contributed by atoms with Crippen LogP contribution < -0.4 is 0 Å². The minimum atomic E-state index is -0.410. The summed E-state index contributed by atoms with van der Waals surface area (Å²) in [7, 11) is 0. The number of amides is 2. The Morgan fingerprint density at radius 1 is 1.16 bits per heavy atom. The maximum absolute atomic E-state index is 14.5. The minimum absolute atomic E-state index is 0.0366. The molecular weight excluding hydrogens is 493 g/mol. The zero-order chi connectivity index (χ0) is 23.0. The van der Waals surface area contributed by atoms with E-state index in [9.17, 15) is 19.2 Å². The SMILES string of the molecule is Cc1cc(/C=C2/SC(=O)N(Cc3ccccc3C#N)C2=O)c(C)n1-c1ccc(Br)cc1F. The van der Waals surface area contributed by atoms with Crippen molar-refractivity contribution in [1.82, 2.24) is 9.47 Å². The Kier molecular flexibility index (Phi) is 6.04. The number of rotatable bonds is 4. The summed E-state index contributed by atoms with van der Waals surface area (Å²) in [5, 5.41) is 8.88. The zero-order valence-electron chi connectivity index (χ0n) is 17.2. The summed E-state index contributed by atoms with van der Waals surface area (Å²) in [6.07, 6.45) is 1.66. The van der Waals surface area contributed by atoms with Gasteiger partial charge in [0.05, 0.1) is 28.8 Å². The fourth-order valence-electron chi connectivity index (χ4n) is 3.68. The molecule has 1 fully saturated rings. The van der Waals surface area contributed by atoms with Crippen LogP contribution in [0.25, 0.3) is 11.8 Å². The topological polar surface area (TPSA) is 66.1 Å². The van der Waals surface area contributed by atoms with E-state index >= 15 is 0 Å². The molecule has 1 saturated heterocycles. The molecule has 0 unspecified atom stereocenters. The van der Waals surface area contributed by atoms with Crippen LogP contribution in [-0.4, -0.2) is 20.6 Å². The number of thioether (sulfide) groups is 1. The maximum atomic E-state index is 14.5. The number of aromatic nitrogens is 1. The molecule has 2 heterocycles. The Morgan fingerprint density at radius 3 is 2.62 bits per heavy atom. The number of carbonyl (C=O) groups excluding carboxylic acids is 2. The van der Waals surface area contributed by atoms with Crippen molar-refractivity contribution in [1.29, 1.82) is 5.26 Å². The first kappa shape index (κ1) is 22.1. The first-order chi connectivity index (χ1) is 15.3. The lowest BCUT2D eigenvalue weighted by Crippen LogP contribution is -2.27. The number of imide groups is 1. The molecule has 1 aliphatic heterocycles. The van der Waals surface area contributed by atoms with Crippen LogP contribution in [0.5, 0.6) is 0 Å². The summed E-state index contributed by atoms with van der Waals surface area (Å²) >= 11 is 4.13. The molecule has 0 N–H and O–H groups in total. The van der Waals surface area contributed by atoms with E-state index in [1.54, 1.807) is 47.0 Å². The molecule has 0 atom stereocenters. The molecule has 0 aliphatic carbocycles. The van der Waals surface area contributed by atoms with Crippen molar-refractivity contribution < 1.29 is 14.0 Å². The summed E-state index contributed by atoms with van der Waals surface area (Å²) in [5.74, 6) is -0.781. The van der Waals surface area contributed by atoms with Gasteiger partial charge in [0.15, 0.2) is 0 Å². The van der Waals surface area contributed by atoms with E-state index in [1.807, 2.05) is 19.9 Å². The van der Waals surface area contributed by atoms with Crippen molar-refractivity contribution in [3.05, 3.63) is 91.8 Å². The largest absolute Gasteiger partial charge is 0.315 e. The highest BCUT2D eigenvalue weighted by atomic mass is 79.9. The van der Waals surface area contributed by atoms with Crippen LogP contribution in [0, 0.1) is 31.0 Å². The van der Waals surface area contributed by atoms with Crippen molar-refractivity contribution in [2.45, 2.75) is 20.4 Å². The monoisotopic (exact) mass is 509 g/mol. The molecule has 0 spiro atoms. The van der Waals surface area contributed by atoms with Gasteiger partial charge in [-0.15, -0.1) is 0 Å². The molecule has 4 rings (SSSR count). The van der Waals surface area contributed by atoms with E-state index in [2.05, 4.69) is 22.0 Å². The second-order valence-electron chi connectivity index (χ2n) is 7.29. The first-order valence-electron chi connectivity index (χ1n) is 9.68.